The van der Waals surface area contributed by atoms with Crippen LogP contribution in [0.5, 0.6) is 5.75 Å². The zero-order valence-electron chi connectivity index (χ0n) is 17.3. The van der Waals surface area contributed by atoms with Gasteiger partial charge in [0.1, 0.15) is 22.4 Å². The molecule has 3 N–H and O–H groups in total. The predicted octanol–water partition coefficient (Wildman–Crippen LogP) is 3.79. The Kier molecular flexibility index (Phi) is 5.26. The number of nitriles is 1. The molecule has 0 saturated heterocycles. The van der Waals surface area contributed by atoms with Crippen LogP contribution in [-0.2, 0) is 12.0 Å². The number of quaternary nitrogens is 1. The van der Waals surface area contributed by atoms with Crippen molar-refractivity contribution >= 4 is 22.2 Å². The number of anilines is 1. The van der Waals surface area contributed by atoms with Gasteiger partial charge in [-0.15, -0.1) is 11.3 Å². The van der Waals surface area contributed by atoms with E-state index in [0.717, 1.165) is 17.7 Å². The van der Waals surface area contributed by atoms with Gasteiger partial charge in [-0.2, -0.15) is 5.26 Å². The molecule has 0 spiro atoms. The minimum absolute atomic E-state index is 0.0106. The molecule has 1 aromatic carbocycles. The van der Waals surface area contributed by atoms with Gasteiger partial charge in [-0.05, 0) is 71.4 Å². The summed E-state index contributed by atoms with van der Waals surface area (Å²) in [5, 5.41) is 15.7. The lowest BCUT2D eigenvalue weighted by molar-refractivity contribution is -0.789. The average Bonchev–Trinajstić information content (AvgIpc) is 2.91. The van der Waals surface area contributed by atoms with Crippen molar-refractivity contribution in [2.24, 2.45) is 0 Å². The van der Waals surface area contributed by atoms with Crippen LogP contribution in [0.15, 0.2) is 24.3 Å². The highest BCUT2D eigenvalue weighted by molar-refractivity contribution is 7.16. The van der Waals surface area contributed by atoms with E-state index < -0.39 is 0 Å². The summed E-state index contributed by atoms with van der Waals surface area (Å²) in [4.78, 5) is 13.9. The summed E-state index contributed by atoms with van der Waals surface area (Å²) in [6.45, 7) is 12.6. The zero-order valence-corrected chi connectivity index (χ0v) is 18.2. The van der Waals surface area contributed by atoms with E-state index in [9.17, 15) is 10.1 Å². The van der Waals surface area contributed by atoms with Gasteiger partial charge in [-0.25, -0.2) is 0 Å². The lowest BCUT2D eigenvalue weighted by Gasteiger charge is -2.38. The van der Waals surface area contributed by atoms with Crippen LogP contribution in [0.2, 0.25) is 0 Å². The summed E-state index contributed by atoms with van der Waals surface area (Å²) in [6, 6.07) is 9.40. The lowest BCUT2D eigenvalue weighted by atomic mass is 9.81. The third-order valence-electron chi connectivity index (χ3n) is 4.80. The number of carbonyl (C=O) groups excluding carboxylic acids is 1. The number of amides is 1. The number of hydrogen-bond donors (Lipinski definition) is 2. The summed E-state index contributed by atoms with van der Waals surface area (Å²) in [6.07, 6.45) is 0.891. The molecule has 148 valence electrons. The van der Waals surface area contributed by atoms with Crippen LogP contribution in [0, 0.1) is 11.3 Å². The Morgan fingerprint density at radius 1 is 1.25 bits per heavy atom. The van der Waals surface area contributed by atoms with Crippen LogP contribution in [0.1, 0.15) is 67.9 Å². The summed E-state index contributed by atoms with van der Waals surface area (Å²) in [5.41, 5.74) is 2.09. The molecule has 2 aromatic rings. The molecule has 3 rings (SSSR count). The van der Waals surface area contributed by atoms with Gasteiger partial charge < -0.3 is 15.4 Å². The Bertz CT molecular complexity index is 934. The topological polar surface area (TPSA) is 78.7 Å². The van der Waals surface area contributed by atoms with E-state index in [1.807, 2.05) is 13.8 Å². The number of thiophene rings is 1. The molecule has 0 bridgehead atoms. The third-order valence-corrected chi connectivity index (χ3v) is 6.29. The first kappa shape index (κ1) is 20.4. The first-order valence-electron chi connectivity index (χ1n) is 9.54. The SMILES string of the molecule is CC(C)Oc1ccc(C(=O)Nc2sc3c(c2C#N)CC(C)(C)[NH2+]C3(C)C)cc1. The quantitative estimate of drug-likeness (QED) is 0.822. The average molecular weight is 399 g/mol. The molecule has 2 heterocycles. The fourth-order valence-corrected chi connectivity index (χ4v) is 5.28. The molecule has 0 fully saturated rings. The van der Waals surface area contributed by atoms with Gasteiger partial charge in [0.15, 0.2) is 0 Å². The smallest absolute Gasteiger partial charge is 0.256 e. The second-order valence-electron chi connectivity index (χ2n) is 8.90. The number of carbonyl (C=O) groups is 1. The lowest BCUT2D eigenvalue weighted by Crippen LogP contribution is -3.03. The molecule has 0 radical (unpaired) electrons. The van der Waals surface area contributed by atoms with Crippen LogP contribution in [0.25, 0.3) is 0 Å². The third kappa shape index (κ3) is 4.06. The second kappa shape index (κ2) is 7.23. The van der Waals surface area contributed by atoms with Crippen molar-refractivity contribution in [3.8, 4) is 11.8 Å². The van der Waals surface area contributed by atoms with Gasteiger partial charge in [-0.1, -0.05) is 0 Å². The van der Waals surface area contributed by atoms with E-state index in [2.05, 4.69) is 44.4 Å². The summed E-state index contributed by atoms with van der Waals surface area (Å²) >= 11 is 1.52. The molecule has 0 unspecified atom stereocenters. The van der Waals surface area contributed by atoms with Crippen LogP contribution in [0.3, 0.4) is 0 Å². The Morgan fingerprint density at radius 3 is 2.46 bits per heavy atom. The van der Waals surface area contributed by atoms with E-state index >= 15 is 0 Å². The fraction of sp³-hybridized carbons (Fsp3) is 0.455. The van der Waals surface area contributed by atoms with Gasteiger partial charge in [0.25, 0.3) is 5.91 Å². The monoisotopic (exact) mass is 398 g/mol. The maximum Gasteiger partial charge on any atom is 0.256 e. The van der Waals surface area contributed by atoms with Gasteiger partial charge in [0.2, 0.25) is 0 Å². The standard InChI is InChI=1S/C22H27N3O2S/c1-13(2)27-15-9-7-14(8-10-15)19(26)24-20-17(12-23)16-11-21(3,4)25-22(5,6)18(16)28-20/h7-10,13,25H,11H2,1-6H3,(H,24,26)/p+1. The van der Waals surface area contributed by atoms with Crippen molar-refractivity contribution in [2.45, 2.75) is 65.1 Å². The van der Waals surface area contributed by atoms with Crippen molar-refractivity contribution in [3.05, 3.63) is 45.8 Å². The highest BCUT2D eigenvalue weighted by atomic mass is 32.1. The van der Waals surface area contributed by atoms with Crippen molar-refractivity contribution in [1.29, 1.82) is 5.26 Å². The zero-order chi connectivity index (χ0) is 20.7. The number of fused-ring (bicyclic) bond motifs is 1. The minimum Gasteiger partial charge on any atom is -0.491 e. The van der Waals surface area contributed by atoms with E-state index in [4.69, 9.17) is 4.74 Å². The molecule has 0 atom stereocenters. The molecule has 1 amide bonds. The van der Waals surface area contributed by atoms with Crippen LogP contribution < -0.4 is 15.4 Å². The molecular weight excluding hydrogens is 370 g/mol. The largest absolute Gasteiger partial charge is 0.491 e. The molecular formula is C22H28N3O2S+. The van der Waals surface area contributed by atoms with Crippen molar-refractivity contribution in [1.82, 2.24) is 0 Å². The Hall–Kier alpha value is -2.36. The summed E-state index contributed by atoms with van der Waals surface area (Å²) < 4.78 is 5.63. The normalized spacial score (nSPS) is 16.9. The van der Waals surface area contributed by atoms with Crippen molar-refractivity contribution in [3.63, 3.8) is 0 Å². The van der Waals surface area contributed by atoms with Gasteiger partial charge >= 0.3 is 0 Å². The number of hydrogen-bond acceptors (Lipinski definition) is 4. The molecule has 5 nitrogen and oxygen atoms in total. The first-order chi connectivity index (χ1) is 13.0. The van der Waals surface area contributed by atoms with E-state index in [0.29, 0.717) is 16.1 Å². The summed E-state index contributed by atoms with van der Waals surface area (Å²) in [5.74, 6) is 0.516. The van der Waals surface area contributed by atoms with Crippen LogP contribution >= 0.6 is 11.3 Å². The van der Waals surface area contributed by atoms with Crippen LogP contribution in [0.4, 0.5) is 5.00 Å². The highest BCUT2D eigenvalue weighted by Crippen LogP contribution is 2.41. The molecule has 1 aromatic heterocycles. The number of nitrogens with one attached hydrogen (secondary N) is 1. The maximum absolute atomic E-state index is 12.8. The predicted molar refractivity (Wildman–Crippen MR) is 112 cm³/mol. The van der Waals surface area contributed by atoms with E-state index in [1.165, 1.54) is 16.2 Å². The van der Waals surface area contributed by atoms with Gasteiger partial charge in [0, 0.05) is 12.0 Å². The highest BCUT2D eigenvalue weighted by Gasteiger charge is 2.44. The number of nitrogens with two attached hydrogens (primary N) is 1. The molecule has 0 saturated carbocycles. The Morgan fingerprint density at radius 2 is 1.89 bits per heavy atom. The first-order valence-corrected chi connectivity index (χ1v) is 10.4. The van der Waals surface area contributed by atoms with E-state index in [1.54, 1.807) is 24.3 Å². The molecule has 1 aliphatic rings. The molecule has 1 aliphatic heterocycles. The summed E-state index contributed by atoms with van der Waals surface area (Å²) in [7, 11) is 0. The van der Waals surface area contributed by atoms with Crippen molar-refractivity contribution < 1.29 is 14.8 Å². The number of rotatable bonds is 4. The van der Waals surface area contributed by atoms with Gasteiger partial charge in [-0.3, -0.25) is 4.79 Å². The number of benzene rings is 1. The van der Waals surface area contributed by atoms with E-state index in [-0.39, 0.29) is 23.1 Å². The Labute approximate surface area is 170 Å². The van der Waals surface area contributed by atoms with Crippen molar-refractivity contribution in [2.75, 3.05) is 5.32 Å². The van der Waals surface area contributed by atoms with Gasteiger partial charge in [0.05, 0.1) is 22.1 Å². The number of nitrogens with zero attached hydrogens (tertiary/aromatic N) is 1. The molecule has 6 heteroatoms. The second-order valence-corrected chi connectivity index (χ2v) is 9.92. The number of ether oxygens (including phenoxy) is 1. The van der Waals surface area contributed by atoms with Crippen LogP contribution in [-0.4, -0.2) is 17.6 Å². The maximum atomic E-state index is 12.8. The fourth-order valence-electron chi connectivity index (χ4n) is 4.04. The molecule has 28 heavy (non-hydrogen) atoms. The minimum atomic E-state index is -0.216. The molecule has 0 aliphatic carbocycles. The Balaban J connectivity index is 1.88.